The van der Waals surface area contributed by atoms with Gasteiger partial charge >= 0.3 is 23.9 Å². The number of nitrogens with zero attached hydrogens (tertiary/aromatic N) is 1. The second-order valence-corrected chi connectivity index (χ2v) is 11.5. The molecule has 0 aliphatic carbocycles. The number of esters is 4. The van der Waals surface area contributed by atoms with Crippen molar-refractivity contribution in [2.24, 2.45) is 0 Å². The predicted octanol–water partition coefficient (Wildman–Crippen LogP) is 4.26. The van der Waals surface area contributed by atoms with Gasteiger partial charge in [0.2, 0.25) is 0 Å². The summed E-state index contributed by atoms with van der Waals surface area (Å²) in [6.07, 6.45) is -1.69. The number of aliphatic hydroxyl groups excluding tert-OH is 1. The maximum atomic E-state index is 12.4. The molecular weight excluding hydrogens is 562 g/mol. The van der Waals surface area contributed by atoms with Crippen molar-refractivity contribution in [1.82, 2.24) is 4.57 Å². The van der Waals surface area contributed by atoms with E-state index < -0.39 is 58.9 Å². The number of benzene rings is 2. The van der Waals surface area contributed by atoms with Gasteiger partial charge in [0.25, 0.3) is 0 Å². The Labute approximate surface area is 248 Å². The summed E-state index contributed by atoms with van der Waals surface area (Å²) in [5.41, 5.74) is 3.21. The molecule has 0 saturated carbocycles. The quantitative estimate of drug-likeness (QED) is 0.282. The molecule has 1 saturated heterocycles. The van der Waals surface area contributed by atoms with E-state index in [1.807, 2.05) is 53.1 Å². The normalized spacial score (nSPS) is 22.7. The summed E-state index contributed by atoms with van der Waals surface area (Å²) in [4.78, 5) is 48.5. The number of carbonyl (C=O) groups is 4. The van der Waals surface area contributed by atoms with Crippen molar-refractivity contribution in [3.8, 4) is 0 Å². The fraction of sp³-hybridized carbons (Fsp3) is 0.419. The first-order chi connectivity index (χ1) is 20.0. The zero-order valence-corrected chi connectivity index (χ0v) is 25.0. The zero-order chi connectivity index (χ0) is 30.6. The second kappa shape index (κ2) is 13.4. The lowest BCUT2D eigenvalue weighted by molar-refractivity contribution is -0.187. The number of hydrogen-bond acceptors (Lipinski definition) is 10. The average molecular weight is 598 g/mol. The highest BCUT2D eigenvalue weighted by molar-refractivity contribution is 8.00. The van der Waals surface area contributed by atoms with Crippen LogP contribution >= 0.6 is 11.8 Å². The van der Waals surface area contributed by atoms with Gasteiger partial charge in [-0.3, -0.25) is 19.2 Å². The minimum absolute atomic E-state index is 0.155. The third-order valence-electron chi connectivity index (χ3n) is 7.01. The number of aromatic nitrogens is 1. The Balaban J connectivity index is 1.86. The lowest BCUT2D eigenvalue weighted by Gasteiger charge is -2.44. The molecule has 4 rings (SSSR count). The minimum atomic E-state index is -1.21. The molecule has 1 aliphatic heterocycles. The fourth-order valence-electron chi connectivity index (χ4n) is 5.20. The van der Waals surface area contributed by atoms with Crippen LogP contribution in [0.3, 0.4) is 0 Å². The van der Waals surface area contributed by atoms with Crippen LogP contribution in [0, 0.1) is 0 Å². The Morgan fingerprint density at radius 2 is 1.43 bits per heavy atom. The zero-order valence-electron chi connectivity index (χ0n) is 24.1. The number of carbonyl (C=O) groups excluding carboxylic acids is 4. The molecule has 1 aliphatic rings. The van der Waals surface area contributed by atoms with Crippen molar-refractivity contribution in [3.63, 3.8) is 0 Å². The van der Waals surface area contributed by atoms with Gasteiger partial charge in [-0.25, -0.2) is 0 Å². The highest BCUT2D eigenvalue weighted by atomic mass is 32.2. The van der Waals surface area contributed by atoms with Crippen molar-refractivity contribution < 1.29 is 43.2 Å². The van der Waals surface area contributed by atoms with Crippen LogP contribution in [0.1, 0.15) is 62.8 Å². The number of rotatable bonds is 9. The molecule has 0 spiro atoms. The smallest absolute Gasteiger partial charge is 0.303 e. The van der Waals surface area contributed by atoms with Crippen molar-refractivity contribution in [2.45, 2.75) is 76.1 Å². The molecule has 0 amide bonds. The summed E-state index contributed by atoms with van der Waals surface area (Å²) >= 11 is 1.26. The van der Waals surface area contributed by atoms with Crippen LogP contribution in [0.5, 0.6) is 0 Å². The Kier molecular flexibility index (Phi) is 9.95. The summed E-state index contributed by atoms with van der Waals surface area (Å²) in [6.45, 7) is 6.82. The molecule has 6 atom stereocenters. The minimum Gasteiger partial charge on any atom is -0.465 e. The number of thioether (sulfide) groups is 1. The van der Waals surface area contributed by atoms with Gasteiger partial charge in [0.1, 0.15) is 18.1 Å². The number of aryl methyl sites for hydroxylation is 1. The van der Waals surface area contributed by atoms with Crippen LogP contribution in [0.15, 0.2) is 54.7 Å². The summed E-state index contributed by atoms with van der Waals surface area (Å²) in [6, 6.07) is 15.2. The number of hydrogen-bond donors (Lipinski definition) is 1. The van der Waals surface area contributed by atoms with E-state index in [4.69, 9.17) is 18.9 Å². The molecule has 2 aromatic carbocycles. The Morgan fingerprint density at radius 3 is 2.02 bits per heavy atom. The van der Waals surface area contributed by atoms with E-state index in [-0.39, 0.29) is 6.61 Å². The summed E-state index contributed by atoms with van der Waals surface area (Å²) in [7, 11) is 0. The number of aliphatic hydroxyl groups is 1. The van der Waals surface area contributed by atoms with Crippen molar-refractivity contribution in [2.75, 3.05) is 6.61 Å². The first-order valence-corrected chi connectivity index (χ1v) is 14.6. The predicted molar refractivity (Wildman–Crippen MR) is 156 cm³/mol. The van der Waals surface area contributed by atoms with Gasteiger partial charge in [-0.05, 0) is 23.6 Å². The van der Waals surface area contributed by atoms with E-state index in [1.165, 1.54) is 39.5 Å². The van der Waals surface area contributed by atoms with Crippen LogP contribution < -0.4 is 0 Å². The van der Waals surface area contributed by atoms with E-state index in [0.717, 1.165) is 22.9 Å². The van der Waals surface area contributed by atoms with E-state index in [9.17, 15) is 24.3 Å². The number of fused-ring (bicyclic) bond motifs is 1. The van der Waals surface area contributed by atoms with E-state index in [2.05, 4.69) is 6.92 Å². The van der Waals surface area contributed by atoms with Crippen molar-refractivity contribution >= 4 is 46.5 Å². The van der Waals surface area contributed by atoms with E-state index in [1.54, 1.807) is 6.20 Å². The van der Waals surface area contributed by atoms with Crippen LogP contribution in [0.25, 0.3) is 10.9 Å². The maximum absolute atomic E-state index is 12.4. The molecular formula is C31H35NO9S. The van der Waals surface area contributed by atoms with Crippen LogP contribution in [-0.4, -0.2) is 63.7 Å². The third-order valence-corrected chi connectivity index (χ3v) is 8.54. The molecule has 1 fully saturated rings. The van der Waals surface area contributed by atoms with Gasteiger partial charge in [-0.1, -0.05) is 49.4 Å². The molecule has 2 heterocycles. The van der Waals surface area contributed by atoms with Gasteiger partial charge in [0.15, 0.2) is 18.3 Å². The van der Waals surface area contributed by atoms with E-state index >= 15 is 0 Å². The lowest BCUT2D eigenvalue weighted by Crippen LogP contribution is -2.57. The van der Waals surface area contributed by atoms with Gasteiger partial charge < -0.3 is 28.6 Å². The number of ether oxygens (including phenoxy) is 4. The molecule has 1 aromatic heterocycles. The molecule has 42 heavy (non-hydrogen) atoms. The monoisotopic (exact) mass is 597 g/mol. The van der Waals surface area contributed by atoms with E-state index in [0.29, 0.717) is 11.1 Å². The molecule has 0 bridgehead atoms. The molecule has 224 valence electrons. The maximum Gasteiger partial charge on any atom is 0.303 e. The highest BCUT2D eigenvalue weighted by Gasteiger charge is 2.52. The highest BCUT2D eigenvalue weighted by Crippen LogP contribution is 2.46. The standard InChI is InChI=1S/C31H35NO9S/c1-6-21-11-13-22(14-12-21)27(37)24-15-32(25-10-8-7-9-23(24)25)31-30(41-20(5)36)29(40-19(4)35)28(39-18(3)34)26(42-31)16-38-17(2)33/h7-15,26-31,37H,6,16H2,1-5H3/t26-,27?,28-,29+,30-,31-/m1/s1. The summed E-state index contributed by atoms with van der Waals surface area (Å²) in [5, 5.41) is 10.9. The summed E-state index contributed by atoms with van der Waals surface area (Å²) in [5.74, 6) is -2.48. The van der Waals surface area contributed by atoms with Crippen molar-refractivity contribution in [1.29, 1.82) is 0 Å². The Bertz CT molecular complexity index is 1450. The second-order valence-electron chi connectivity index (χ2n) is 10.1. The first-order valence-electron chi connectivity index (χ1n) is 13.7. The van der Waals surface area contributed by atoms with Gasteiger partial charge in [-0.15, -0.1) is 11.8 Å². The number of para-hydroxylation sites is 1. The Hall–Kier alpha value is -3.83. The van der Waals surface area contributed by atoms with Crippen LogP contribution in [0.2, 0.25) is 0 Å². The SMILES string of the molecule is CCc1ccc(C(O)c2cn([C@@H]3S[C@H](COC(C)=O)[C@@H](OC(C)=O)[C@H](OC(C)=O)[C@H]3OC(C)=O)c3ccccc23)cc1. The molecule has 11 heteroatoms. The largest absolute Gasteiger partial charge is 0.465 e. The van der Waals surface area contributed by atoms with Gasteiger partial charge in [0, 0.05) is 50.4 Å². The molecule has 0 radical (unpaired) electrons. The van der Waals surface area contributed by atoms with Crippen LogP contribution in [0.4, 0.5) is 0 Å². The van der Waals surface area contributed by atoms with Crippen LogP contribution in [-0.2, 0) is 44.5 Å². The molecule has 10 nitrogen and oxygen atoms in total. The van der Waals surface area contributed by atoms with Gasteiger partial charge in [0.05, 0.1) is 5.25 Å². The molecule has 1 unspecified atom stereocenters. The third kappa shape index (κ3) is 6.96. The average Bonchev–Trinajstić information content (AvgIpc) is 3.32. The van der Waals surface area contributed by atoms with Gasteiger partial charge in [-0.2, -0.15) is 0 Å². The lowest BCUT2D eigenvalue weighted by atomic mass is 9.99. The summed E-state index contributed by atoms with van der Waals surface area (Å²) < 4.78 is 24.2. The molecule has 3 aromatic rings. The fourth-order valence-corrected chi connectivity index (χ4v) is 6.75. The first kappa shape index (κ1) is 31.1. The Morgan fingerprint density at radius 1 is 0.833 bits per heavy atom. The molecule has 1 N–H and O–H groups in total. The van der Waals surface area contributed by atoms with Crippen molar-refractivity contribution in [3.05, 3.63) is 71.4 Å². The topological polar surface area (TPSA) is 130 Å².